The molecule has 8 heteroatoms. The molecule has 4 heterocycles. The van der Waals surface area contributed by atoms with E-state index in [1.807, 2.05) is 36.4 Å². The SMILES string of the molecule is CC(=O)OC1C2CC[N+](CC(=O)Nc3ccon3)(CC2)C1(c1ccccc1)c1ccccc1.[Br-]. The van der Waals surface area contributed by atoms with Crippen molar-refractivity contribution in [1.29, 1.82) is 0 Å². The van der Waals surface area contributed by atoms with Crippen LogP contribution in [0.1, 0.15) is 30.9 Å². The second-order valence-electron chi connectivity index (χ2n) is 9.05. The first-order chi connectivity index (χ1) is 16.0. The molecule has 0 spiro atoms. The summed E-state index contributed by atoms with van der Waals surface area (Å²) in [6.07, 6.45) is 2.86. The summed E-state index contributed by atoms with van der Waals surface area (Å²) in [6.45, 7) is 3.35. The van der Waals surface area contributed by atoms with Crippen molar-refractivity contribution in [2.45, 2.75) is 31.4 Å². The second-order valence-corrected chi connectivity index (χ2v) is 9.05. The molecule has 1 N–H and O–H groups in total. The molecule has 3 aliphatic heterocycles. The van der Waals surface area contributed by atoms with E-state index < -0.39 is 5.54 Å². The summed E-state index contributed by atoms with van der Waals surface area (Å²) in [5.41, 5.74) is 1.42. The van der Waals surface area contributed by atoms with Crippen LogP contribution in [-0.2, 0) is 19.9 Å². The van der Waals surface area contributed by atoms with Gasteiger partial charge in [0, 0.05) is 42.9 Å². The van der Waals surface area contributed by atoms with Crippen LogP contribution >= 0.6 is 0 Å². The quantitative estimate of drug-likeness (QED) is 0.379. The fraction of sp³-hybridized carbons (Fsp3) is 0.346. The van der Waals surface area contributed by atoms with E-state index in [0.717, 1.165) is 37.1 Å². The maximum atomic E-state index is 13.3. The molecule has 178 valence electrons. The number of hydrogen-bond donors (Lipinski definition) is 1. The van der Waals surface area contributed by atoms with Crippen LogP contribution in [0.25, 0.3) is 0 Å². The van der Waals surface area contributed by atoms with Crippen molar-refractivity contribution in [3.05, 3.63) is 84.1 Å². The predicted molar refractivity (Wildman–Crippen MR) is 122 cm³/mol. The summed E-state index contributed by atoms with van der Waals surface area (Å²) in [5.74, 6) is 0.191. The zero-order valence-electron chi connectivity index (χ0n) is 19.0. The normalized spacial score (nSPS) is 24.6. The summed E-state index contributed by atoms with van der Waals surface area (Å²) in [7, 11) is 0. The van der Waals surface area contributed by atoms with E-state index in [9.17, 15) is 9.59 Å². The van der Waals surface area contributed by atoms with Gasteiger partial charge in [-0.3, -0.25) is 9.59 Å². The molecule has 1 unspecified atom stereocenters. The molecule has 7 nitrogen and oxygen atoms in total. The number of rotatable bonds is 6. The Morgan fingerprint density at radius 2 is 1.62 bits per heavy atom. The van der Waals surface area contributed by atoms with Gasteiger partial charge in [0.1, 0.15) is 6.26 Å². The number of fused-ring (bicyclic) bond motifs is 3. The van der Waals surface area contributed by atoms with E-state index in [1.165, 1.54) is 13.2 Å². The number of hydrogen-bond acceptors (Lipinski definition) is 5. The van der Waals surface area contributed by atoms with Crippen molar-refractivity contribution in [3.63, 3.8) is 0 Å². The highest BCUT2D eigenvalue weighted by molar-refractivity contribution is 5.90. The topological polar surface area (TPSA) is 81.4 Å². The predicted octanol–water partition coefficient (Wildman–Crippen LogP) is 0.733. The van der Waals surface area contributed by atoms with Gasteiger partial charge >= 0.3 is 5.97 Å². The molecule has 6 rings (SSSR count). The maximum absolute atomic E-state index is 13.3. The molecule has 0 aliphatic carbocycles. The molecule has 34 heavy (non-hydrogen) atoms. The van der Waals surface area contributed by atoms with Gasteiger partial charge in [-0.25, -0.2) is 0 Å². The molecule has 3 aromatic rings. The lowest BCUT2D eigenvalue weighted by molar-refractivity contribution is -0.990. The van der Waals surface area contributed by atoms with Gasteiger partial charge in [-0.05, 0) is 0 Å². The number of amides is 1. The average molecular weight is 526 g/mol. The largest absolute Gasteiger partial charge is 1.00 e. The molecule has 1 atom stereocenters. The Morgan fingerprint density at radius 3 is 2.12 bits per heavy atom. The maximum Gasteiger partial charge on any atom is 0.303 e. The molecule has 3 aliphatic rings. The average Bonchev–Trinajstić information content (AvgIpc) is 3.33. The lowest BCUT2D eigenvalue weighted by Crippen LogP contribution is -3.00. The lowest BCUT2D eigenvalue weighted by atomic mass is 9.63. The van der Waals surface area contributed by atoms with Gasteiger partial charge in [0.15, 0.2) is 24.0 Å². The fourth-order valence-electron chi connectivity index (χ4n) is 6.15. The molecule has 1 amide bonds. The first-order valence-electron chi connectivity index (χ1n) is 11.4. The van der Waals surface area contributed by atoms with Crippen LogP contribution in [0.3, 0.4) is 0 Å². The first kappa shape index (κ1) is 24.2. The Hall–Kier alpha value is -2.97. The first-order valence-corrected chi connectivity index (χ1v) is 11.4. The highest BCUT2D eigenvalue weighted by atomic mass is 79.9. The Kier molecular flexibility index (Phi) is 6.91. The van der Waals surface area contributed by atoms with Crippen molar-refractivity contribution >= 4 is 17.7 Å². The highest BCUT2D eigenvalue weighted by Crippen LogP contribution is 2.56. The van der Waals surface area contributed by atoms with E-state index in [2.05, 4.69) is 34.7 Å². The molecule has 0 saturated carbocycles. The zero-order chi connectivity index (χ0) is 22.9. The number of halogens is 1. The molecular weight excluding hydrogens is 498 g/mol. The zero-order valence-corrected chi connectivity index (χ0v) is 20.6. The van der Waals surface area contributed by atoms with Crippen LogP contribution in [0.2, 0.25) is 0 Å². The Bertz CT molecular complexity index is 1070. The number of esters is 1. The number of nitrogens with zero attached hydrogens (tertiary/aromatic N) is 2. The van der Waals surface area contributed by atoms with Crippen LogP contribution in [-0.4, -0.2) is 47.3 Å². The third-order valence-corrected chi connectivity index (χ3v) is 7.32. The van der Waals surface area contributed by atoms with E-state index in [4.69, 9.17) is 9.26 Å². The Balaban J connectivity index is 0.00000274. The minimum atomic E-state index is -0.698. The van der Waals surface area contributed by atoms with Gasteiger partial charge in [0.05, 0.1) is 13.1 Å². The van der Waals surface area contributed by atoms with E-state index in [-0.39, 0.29) is 47.4 Å². The Labute approximate surface area is 209 Å². The Morgan fingerprint density at radius 1 is 1.03 bits per heavy atom. The van der Waals surface area contributed by atoms with Gasteiger partial charge in [-0.1, -0.05) is 65.8 Å². The number of aromatic nitrogens is 1. The lowest BCUT2D eigenvalue weighted by Gasteiger charge is -2.64. The van der Waals surface area contributed by atoms with Gasteiger partial charge < -0.3 is 36.0 Å². The number of piperidine rings is 3. The van der Waals surface area contributed by atoms with Gasteiger partial charge in [0.2, 0.25) is 0 Å². The van der Waals surface area contributed by atoms with Crippen LogP contribution in [0.4, 0.5) is 5.82 Å². The van der Waals surface area contributed by atoms with Crippen molar-refractivity contribution in [1.82, 2.24) is 5.16 Å². The van der Waals surface area contributed by atoms with E-state index in [1.54, 1.807) is 6.07 Å². The number of carbonyl (C=O) groups is 2. The molecule has 2 bridgehead atoms. The minimum Gasteiger partial charge on any atom is -1.00 e. The van der Waals surface area contributed by atoms with E-state index >= 15 is 0 Å². The summed E-state index contributed by atoms with van der Waals surface area (Å²) >= 11 is 0. The molecule has 2 aromatic carbocycles. The number of nitrogens with one attached hydrogen (secondary N) is 1. The number of anilines is 1. The van der Waals surface area contributed by atoms with Crippen molar-refractivity contribution in [2.75, 3.05) is 25.0 Å². The number of ether oxygens (including phenoxy) is 1. The van der Waals surface area contributed by atoms with Crippen LogP contribution in [0, 0.1) is 5.92 Å². The van der Waals surface area contributed by atoms with Crippen molar-refractivity contribution in [3.8, 4) is 0 Å². The van der Waals surface area contributed by atoms with Crippen LogP contribution < -0.4 is 22.3 Å². The minimum absolute atomic E-state index is 0. The fourth-order valence-corrected chi connectivity index (χ4v) is 6.15. The number of benzene rings is 2. The number of carbonyl (C=O) groups excluding carboxylic acids is 2. The van der Waals surface area contributed by atoms with Gasteiger partial charge in [0.25, 0.3) is 5.91 Å². The van der Waals surface area contributed by atoms with Crippen LogP contribution in [0.5, 0.6) is 0 Å². The molecular formula is C26H28BrN3O4. The van der Waals surface area contributed by atoms with Crippen molar-refractivity contribution < 1.29 is 40.3 Å². The number of quaternary nitrogens is 1. The van der Waals surface area contributed by atoms with E-state index in [0.29, 0.717) is 10.3 Å². The summed E-state index contributed by atoms with van der Waals surface area (Å²) in [5, 5.41) is 6.71. The second kappa shape index (κ2) is 9.72. The highest BCUT2D eigenvalue weighted by Gasteiger charge is 2.68. The van der Waals surface area contributed by atoms with Gasteiger partial charge in [-0.15, -0.1) is 0 Å². The van der Waals surface area contributed by atoms with Gasteiger partial charge in [-0.2, -0.15) is 0 Å². The summed E-state index contributed by atoms with van der Waals surface area (Å²) < 4.78 is 11.5. The summed E-state index contributed by atoms with van der Waals surface area (Å²) in [4.78, 5) is 25.7. The molecule has 3 saturated heterocycles. The molecule has 1 aromatic heterocycles. The smallest absolute Gasteiger partial charge is 0.303 e. The summed E-state index contributed by atoms with van der Waals surface area (Å²) in [6, 6.07) is 22.0. The van der Waals surface area contributed by atoms with Crippen molar-refractivity contribution in [2.24, 2.45) is 5.92 Å². The third kappa shape index (κ3) is 3.95. The molecule has 0 radical (unpaired) electrons. The van der Waals surface area contributed by atoms with Crippen LogP contribution in [0.15, 0.2) is 77.5 Å². The standard InChI is InChI=1S/C26H27N3O4.BrH/c1-19(30)33-25-20-12-15-29(16-13-20,18-24(31)27-23-14-17-32-28-23)26(25,21-8-4-2-5-9-21)22-10-6-3-7-11-22;/h2-11,14,17,20,25H,12-13,15-16,18H2,1H3;1H. The third-order valence-electron chi connectivity index (χ3n) is 7.32. The molecule has 3 fully saturated rings. The monoisotopic (exact) mass is 525 g/mol.